The maximum atomic E-state index is 4.58. The third-order valence-electron chi connectivity index (χ3n) is 4.59. The second-order valence-corrected chi connectivity index (χ2v) is 7.45. The Morgan fingerprint density at radius 2 is 2.17 bits per heavy atom. The van der Waals surface area contributed by atoms with Gasteiger partial charge >= 0.3 is 0 Å². The molecule has 5 nitrogen and oxygen atoms in total. The van der Waals surface area contributed by atoms with Crippen molar-refractivity contribution in [1.29, 1.82) is 0 Å². The number of thiazole rings is 1. The zero-order chi connectivity index (χ0) is 16.7. The minimum atomic E-state index is 0.636. The first-order valence-electron chi connectivity index (χ1n) is 8.75. The average molecular weight is 338 g/mol. The number of piperidine rings is 1. The first kappa shape index (κ1) is 18.2. The first-order valence-corrected chi connectivity index (χ1v) is 9.57. The lowest BCUT2D eigenvalue weighted by Gasteiger charge is -2.35. The Balaban J connectivity index is 1.72. The van der Waals surface area contributed by atoms with Crippen LogP contribution in [0.15, 0.2) is 4.99 Å². The van der Waals surface area contributed by atoms with E-state index in [4.69, 9.17) is 0 Å². The Morgan fingerprint density at radius 1 is 1.35 bits per heavy atom. The number of aliphatic imine (C=N–C) groups is 1. The van der Waals surface area contributed by atoms with Gasteiger partial charge in [0.15, 0.2) is 5.96 Å². The number of likely N-dealkylation sites (tertiary alicyclic amines) is 1. The zero-order valence-corrected chi connectivity index (χ0v) is 15.8. The lowest BCUT2D eigenvalue weighted by molar-refractivity contribution is 0.157. The van der Waals surface area contributed by atoms with Gasteiger partial charge in [-0.2, -0.15) is 0 Å². The summed E-state index contributed by atoms with van der Waals surface area (Å²) in [6.45, 7) is 10.7. The standard InChI is InChI=1S/C17H31N5S/c1-5-22-11-7-6-8-15(22)12-20-17(18-4)19-10-9-16-21-13(2)14(3)23-16/h15H,5-12H2,1-4H3,(H2,18,19,20). The van der Waals surface area contributed by atoms with Crippen molar-refractivity contribution in [2.24, 2.45) is 4.99 Å². The van der Waals surface area contributed by atoms with Crippen LogP contribution >= 0.6 is 11.3 Å². The molecule has 1 unspecified atom stereocenters. The highest BCUT2D eigenvalue weighted by molar-refractivity contribution is 7.11. The van der Waals surface area contributed by atoms with E-state index in [9.17, 15) is 0 Å². The third kappa shape index (κ3) is 5.46. The molecule has 130 valence electrons. The van der Waals surface area contributed by atoms with E-state index in [0.29, 0.717) is 6.04 Å². The number of hydrogen-bond acceptors (Lipinski definition) is 4. The fourth-order valence-electron chi connectivity index (χ4n) is 3.08. The zero-order valence-electron chi connectivity index (χ0n) is 15.0. The number of rotatable bonds is 6. The van der Waals surface area contributed by atoms with Gasteiger partial charge in [0.05, 0.1) is 10.7 Å². The predicted molar refractivity (Wildman–Crippen MR) is 99.5 cm³/mol. The molecule has 2 heterocycles. The lowest BCUT2D eigenvalue weighted by atomic mass is 10.0. The molecule has 0 spiro atoms. The van der Waals surface area contributed by atoms with Crippen molar-refractivity contribution in [2.45, 2.75) is 52.5 Å². The van der Waals surface area contributed by atoms with Crippen LogP contribution < -0.4 is 10.6 Å². The molecular weight excluding hydrogens is 306 g/mol. The summed E-state index contributed by atoms with van der Waals surface area (Å²) in [5, 5.41) is 8.09. The monoisotopic (exact) mass is 337 g/mol. The first-order chi connectivity index (χ1) is 11.1. The van der Waals surface area contributed by atoms with Crippen LogP contribution in [0.2, 0.25) is 0 Å². The molecule has 6 heteroatoms. The van der Waals surface area contributed by atoms with Gasteiger partial charge in [-0.3, -0.25) is 9.89 Å². The Kier molecular flexibility index (Phi) is 7.30. The summed E-state index contributed by atoms with van der Waals surface area (Å²) < 4.78 is 0. The molecule has 1 fully saturated rings. The molecule has 1 atom stereocenters. The summed E-state index contributed by atoms with van der Waals surface area (Å²) in [5.41, 5.74) is 1.16. The highest BCUT2D eigenvalue weighted by Gasteiger charge is 2.20. The predicted octanol–water partition coefficient (Wildman–Crippen LogP) is 2.34. The largest absolute Gasteiger partial charge is 0.356 e. The number of hydrogen-bond donors (Lipinski definition) is 2. The maximum Gasteiger partial charge on any atom is 0.191 e. The molecule has 1 aliphatic rings. The Hall–Kier alpha value is -1.14. The van der Waals surface area contributed by atoms with Gasteiger partial charge in [-0.1, -0.05) is 13.3 Å². The molecule has 0 radical (unpaired) electrons. The van der Waals surface area contributed by atoms with Crippen LogP contribution in [0.1, 0.15) is 41.8 Å². The number of aromatic nitrogens is 1. The van der Waals surface area contributed by atoms with E-state index in [2.05, 4.69) is 46.3 Å². The number of guanidine groups is 1. The van der Waals surface area contributed by atoms with Crippen molar-refractivity contribution in [1.82, 2.24) is 20.5 Å². The lowest BCUT2D eigenvalue weighted by Crippen LogP contribution is -2.49. The normalized spacial score (nSPS) is 19.8. The molecule has 23 heavy (non-hydrogen) atoms. The van der Waals surface area contributed by atoms with E-state index >= 15 is 0 Å². The second-order valence-electron chi connectivity index (χ2n) is 6.16. The molecule has 1 aromatic heterocycles. The number of nitrogens with one attached hydrogen (secondary N) is 2. The minimum absolute atomic E-state index is 0.636. The summed E-state index contributed by atoms with van der Waals surface area (Å²) in [7, 11) is 1.84. The molecule has 0 aliphatic carbocycles. The van der Waals surface area contributed by atoms with Gasteiger partial charge in [-0.25, -0.2) is 4.98 Å². The number of aryl methyl sites for hydroxylation is 2. The van der Waals surface area contributed by atoms with Gasteiger partial charge in [0, 0.05) is 37.5 Å². The fraction of sp³-hybridized carbons (Fsp3) is 0.765. The van der Waals surface area contributed by atoms with E-state index in [1.54, 1.807) is 11.3 Å². The van der Waals surface area contributed by atoms with Crippen LogP contribution in [-0.2, 0) is 6.42 Å². The molecule has 2 rings (SSSR count). The van der Waals surface area contributed by atoms with Crippen molar-refractivity contribution in [3.8, 4) is 0 Å². The fourth-order valence-corrected chi connectivity index (χ4v) is 4.01. The second kappa shape index (κ2) is 9.23. The van der Waals surface area contributed by atoms with E-state index in [1.807, 2.05) is 7.05 Å². The summed E-state index contributed by atoms with van der Waals surface area (Å²) in [4.78, 5) is 12.8. The van der Waals surface area contributed by atoms with E-state index in [1.165, 1.54) is 35.7 Å². The van der Waals surface area contributed by atoms with Gasteiger partial charge in [-0.15, -0.1) is 11.3 Å². The number of nitrogens with zero attached hydrogens (tertiary/aromatic N) is 3. The van der Waals surface area contributed by atoms with Gasteiger partial charge < -0.3 is 10.6 Å². The van der Waals surface area contributed by atoms with E-state index in [0.717, 1.165) is 37.7 Å². The van der Waals surface area contributed by atoms with Crippen LogP contribution in [0.25, 0.3) is 0 Å². The molecule has 0 saturated carbocycles. The van der Waals surface area contributed by atoms with E-state index in [-0.39, 0.29) is 0 Å². The number of likely N-dealkylation sites (N-methyl/N-ethyl adjacent to an activating group) is 1. The highest BCUT2D eigenvalue weighted by Crippen LogP contribution is 2.17. The van der Waals surface area contributed by atoms with Gasteiger partial charge in [0.25, 0.3) is 0 Å². The van der Waals surface area contributed by atoms with Crippen molar-refractivity contribution in [3.05, 3.63) is 15.6 Å². The SMILES string of the molecule is CCN1CCCCC1CNC(=NC)NCCc1nc(C)c(C)s1. The Morgan fingerprint density at radius 3 is 2.83 bits per heavy atom. The molecule has 0 bridgehead atoms. The molecule has 2 N–H and O–H groups in total. The van der Waals surface area contributed by atoms with Crippen molar-refractivity contribution < 1.29 is 0 Å². The molecule has 0 aromatic carbocycles. The van der Waals surface area contributed by atoms with Gasteiger partial charge in [0.1, 0.15) is 0 Å². The summed E-state index contributed by atoms with van der Waals surface area (Å²) >= 11 is 1.79. The molecule has 1 aromatic rings. The van der Waals surface area contributed by atoms with Crippen LogP contribution in [0.4, 0.5) is 0 Å². The summed E-state index contributed by atoms with van der Waals surface area (Å²) in [5.74, 6) is 0.900. The van der Waals surface area contributed by atoms with Crippen molar-refractivity contribution in [3.63, 3.8) is 0 Å². The quantitative estimate of drug-likeness (QED) is 0.618. The average Bonchev–Trinajstić information content (AvgIpc) is 2.89. The van der Waals surface area contributed by atoms with Crippen LogP contribution in [-0.4, -0.2) is 55.1 Å². The molecular formula is C17H31N5S. The van der Waals surface area contributed by atoms with Gasteiger partial charge in [0.2, 0.25) is 0 Å². The van der Waals surface area contributed by atoms with Crippen molar-refractivity contribution in [2.75, 3.05) is 33.2 Å². The summed E-state index contributed by atoms with van der Waals surface area (Å²) in [6, 6.07) is 0.636. The van der Waals surface area contributed by atoms with Crippen molar-refractivity contribution >= 4 is 17.3 Å². The Bertz CT molecular complexity index is 492. The topological polar surface area (TPSA) is 52.5 Å². The molecule has 1 saturated heterocycles. The maximum absolute atomic E-state index is 4.58. The van der Waals surface area contributed by atoms with Gasteiger partial charge in [-0.05, 0) is 39.8 Å². The third-order valence-corrected chi connectivity index (χ3v) is 5.72. The van der Waals surface area contributed by atoms with Crippen LogP contribution in [0.3, 0.4) is 0 Å². The highest BCUT2D eigenvalue weighted by atomic mass is 32.1. The molecule has 1 aliphatic heterocycles. The van der Waals surface area contributed by atoms with Crippen LogP contribution in [0, 0.1) is 13.8 Å². The minimum Gasteiger partial charge on any atom is -0.356 e. The Labute approximate surface area is 144 Å². The molecule has 0 amide bonds. The van der Waals surface area contributed by atoms with Crippen LogP contribution in [0.5, 0.6) is 0 Å². The van der Waals surface area contributed by atoms with E-state index < -0.39 is 0 Å². The smallest absolute Gasteiger partial charge is 0.191 e. The summed E-state index contributed by atoms with van der Waals surface area (Å²) in [6.07, 6.45) is 4.92.